The summed E-state index contributed by atoms with van der Waals surface area (Å²) < 4.78 is 16.9. The third kappa shape index (κ3) is 4.60. The van der Waals surface area contributed by atoms with Crippen LogP contribution in [-0.2, 0) is 4.79 Å². The summed E-state index contributed by atoms with van der Waals surface area (Å²) in [6.07, 6.45) is 2.94. The number of nitrogens with one attached hydrogen (secondary N) is 1. The second-order valence-corrected chi connectivity index (χ2v) is 7.71. The highest BCUT2D eigenvalue weighted by atomic mass is 35.5. The molecule has 154 valence electrons. The SMILES string of the molecule is COc1ccc(Cl)cc1NC(=O)CN1CCC[C@@H]1c1ccc2c(c1)OCCCO2. The standard InChI is InChI=1S/C22H25ClN2O4/c1-27-19-8-6-16(23)13-17(19)24-22(26)14-25-9-2-4-18(25)15-5-7-20-21(12-15)29-11-3-10-28-20/h5-8,12-13,18H,2-4,9-11,14H2,1H3,(H,24,26)/t18-/m1/s1. The topological polar surface area (TPSA) is 60.0 Å². The number of hydrogen-bond acceptors (Lipinski definition) is 5. The molecule has 4 rings (SSSR count). The fourth-order valence-electron chi connectivity index (χ4n) is 3.93. The molecule has 1 amide bonds. The monoisotopic (exact) mass is 416 g/mol. The van der Waals surface area contributed by atoms with Gasteiger partial charge in [-0.3, -0.25) is 9.69 Å². The van der Waals surface area contributed by atoms with Crippen LogP contribution in [0.4, 0.5) is 5.69 Å². The molecule has 2 aromatic rings. The number of carbonyl (C=O) groups is 1. The van der Waals surface area contributed by atoms with E-state index in [1.807, 2.05) is 6.07 Å². The molecule has 2 aliphatic rings. The summed E-state index contributed by atoms with van der Waals surface area (Å²) in [7, 11) is 1.57. The molecular weight excluding hydrogens is 392 g/mol. The molecule has 0 aromatic heterocycles. The summed E-state index contributed by atoms with van der Waals surface area (Å²) in [5.74, 6) is 2.08. The maximum absolute atomic E-state index is 12.7. The minimum absolute atomic E-state index is 0.0909. The molecule has 0 saturated carbocycles. The zero-order chi connectivity index (χ0) is 20.2. The molecule has 7 heteroatoms. The van der Waals surface area contributed by atoms with Crippen LogP contribution in [0.2, 0.25) is 5.02 Å². The quantitative estimate of drug-likeness (QED) is 0.788. The first-order valence-corrected chi connectivity index (χ1v) is 10.3. The van der Waals surface area contributed by atoms with Gasteiger partial charge >= 0.3 is 0 Å². The van der Waals surface area contributed by atoms with Crippen molar-refractivity contribution in [1.29, 1.82) is 0 Å². The van der Waals surface area contributed by atoms with Crippen molar-refractivity contribution >= 4 is 23.2 Å². The number of amides is 1. The van der Waals surface area contributed by atoms with Crippen LogP contribution in [0.15, 0.2) is 36.4 Å². The van der Waals surface area contributed by atoms with E-state index in [4.69, 9.17) is 25.8 Å². The number of methoxy groups -OCH3 is 1. The molecule has 1 N–H and O–H groups in total. The Labute approximate surface area is 175 Å². The van der Waals surface area contributed by atoms with Gasteiger partial charge in [-0.05, 0) is 55.3 Å². The molecule has 2 aromatic carbocycles. The number of hydrogen-bond donors (Lipinski definition) is 1. The molecule has 0 unspecified atom stereocenters. The number of benzene rings is 2. The second-order valence-electron chi connectivity index (χ2n) is 7.28. The predicted octanol–water partition coefficient (Wildman–Crippen LogP) is 4.29. The largest absolute Gasteiger partial charge is 0.495 e. The Morgan fingerprint density at radius 3 is 2.83 bits per heavy atom. The van der Waals surface area contributed by atoms with Crippen molar-refractivity contribution in [2.24, 2.45) is 0 Å². The Bertz CT molecular complexity index is 889. The lowest BCUT2D eigenvalue weighted by Crippen LogP contribution is -2.33. The number of fused-ring (bicyclic) bond motifs is 1. The summed E-state index contributed by atoms with van der Waals surface area (Å²) in [5, 5.41) is 3.47. The van der Waals surface area contributed by atoms with Crippen LogP contribution in [0.5, 0.6) is 17.2 Å². The minimum Gasteiger partial charge on any atom is -0.495 e. The van der Waals surface area contributed by atoms with Gasteiger partial charge in [-0.15, -0.1) is 0 Å². The first-order valence-electron chi connectivity index (χ1n) is 9.91. The number of rotatable bonds is 5. The van der Waals surface area contributed by atoms with Crippen LogP contribution in [0.3, 0.4) is 0 Å². The Morgan fingerprint density at radius 1 is 1.17 bits per heavy atom. The van der Waals surface area contributed by atoms with Crippen molar-refractivity contribution < 1.29 is 19.0 Å². The van der Waals surface area contributed by atoms with E-state index in [9.17, 15) is 4.79 Å². The van der Waals surface area contributed by atoms with E-state index in [1.165, 1.54) is 0 Å². The minimum atomic E-state index is -0.0909. The zero-order valence-electron chi connectivity index (χ0n) is 16.4. The van der Waals surface area contributed by atoms with Gasteiger partial charge in [0.2, 0.25) is 5.91 Å². The van der Waals surface area contributed by atoms with Gasteiger partial charge < -0.3 is 19.5 Å². The van der Waals surface area contributed by atoms with E-state index in [1.54, 1.807) is 25.3 Å². The van der Waals surface area contributed by atoms with Gasteiger partial charge in [-0.25, -0.2) is 0 Å². The number of anilines is 1. The van der Waals surface area contributed by atoms with E-state index >= 15 is 0 Å². The maximum atomic E-state index is 12.7. The van der Waals surface area contributed by atoms with Gasteiger partial charge in [0.05, 0.1) is 32.6 Å². The van der Waals surface area contributed by atoms with E-state index < -0.39 is 0 Å². The lowest BCUT2D eigenvalue weighted by atomic mass is 10.0. The number of nitrogens with zero attached hydrogens (tertiary/aromatic N) is 1. The molecule has 1 saturated heterocycles. The average molecular weight is 417 g/mol. The molecule has 0 bridgehead atoms. The van der Waals surface area contributed by atoms with Gasteiger partial charge in [0, 0.05) is 17.5 Å². The van der Waals surface area contributed by atoms with Crippen molar-refractivity contribution in [1.82, 2.24) is 4.90 Å². The summed E-state index contributed by atoms with van der Waals surface area (Å²) in [6.45, 7) is 2.51. The lowest BCUT2D eigenvalue weighted by Gasteiger charge is -2.25. The van der Waals surface area contributed by atoms with Crippen LogP contribution >= 0.6 is 11.6 Å². The summed E-state index contributed by atoms with van der Waals surface area (Å²) in [4.78, 5) is 14.9. The molecule has 1 atom stereocenters. The maximum Gasteiger partial charge on any atom is 0.238 e. The molecule has 2 aliphatic heterocycles. The van der Waals surface area contributed by atoms with Crippen LogP contribution < -0.4 is 19.5 Å². The third-order valence-electron chi connectivity index (χ3n) is 5.30. The molecule has 1 fully saturated rings. The van der Waals surface area contributed by atoms with Crippen molar-refractivity contribution in [2.75, 3.05) is 38.7 Å². The number of carbonyl (C=O) groups excluding carboxylic acids is 1. The Morgan fingerprint density at radius 2 is 2.00 bits per heavy atom. The van der Waals surface area contributed by atoms with Gasteiger partial charge in [0.15, 0.2) is 11.5 Å². The van der Waals surface area contributed by atoms with Crippen LogP contribution in [-0.4, -0.2) is 44.2 Å². The third-order valence-corrected chi connectivity index (χ3v) is 5.54. The van der Waals surface area contributed by atoms with E-state index in [2.05, 4.69) is 22.3 Å². The molecule has 0 aliphatic carbocycles. The fraction of sp³-hybridized carbons (Fsp3) is 0.409. The molecule has 2 heterocycles. The van der Waals surface area contributed by atoms with Crippen molar-refractivity contribution in [3.8, 4) is 17.2 Å². The normalized spacial score (nSPS) is 18.9. The second kappa shape index (κ2) is 8.93. The summed E-state index contributed by atoms with van der Waals surface area (Å²) >= 11 is 6.06. The van der Waals surface area contributed by atoms with Gasteiger partial charge in [0.1, 0.15) is 5.75 Å². The fourth-order valence-corrected chi connectivity index (χ4v) is 4.10. The number of likely N-dealkylation sites (tertiary alicyclic amines) is 1. The van der Waals surface area contributed by atoms with Crippen molar-refractivity contribution in [3.05, 3.63) is 47.0 Å². The summed E-state index contributed by atoms with van der Waals surface area (Å²) in [6, 6.07) is 11.5. The van der Waals surface area contributed by atoms with Crippen molar-refractivity contribution in [2.45, 2.75) is 25.3 Å². The first-order chi connectivity index (χ1) is 14.1. The number of ether oxygens (including phenoxy) is 3. The Kier molecular flexibility index (Phi) is 6.11. The Balaban J connectivity index is 1.46. The van der Waals surface area contributed by atoms with E-state index in [0.29, 0.717) is 36.2 Å². The van der Waals surface area contributed by atoms with Crippen molar-refractivity contribution in [3.63, 3.8) is 0 Å². The molecule has 29 heavy (non-hydrogen) atoms. The molecule has 0 radical (unpaired) electrons. The highest BCUT2D eigenvalue weighted by Gasteiger charge is 2.29. The van der Waals surface area contributed by atoms with Gasteiger partial charge in [-0.1, -0.05) is 17.7 Å². The van der Waals surface area contributed by atoms with Gasteiger partial charge in [-0.2, -0.15) is 0 Å². The van der Waals surface area contributed by atoms with Crippen LogP contribution in [0.25, 0.3) is 0 Å². The highest BCUT2D eigenvalue weighted by Crippen LogP contribution is 2.38. The van der Waals surface area contributed by atoms with E-state index in [0.717, 1.165) is 42.9 Å². The van der Waals surface area contributed by atoms with E-state index in [-0.39, 0.29) is 11.9 Å². The average Bonchev–Trinajstić information content (AvgIpc) is 3.03. The zero-order valence-corrected chi connectivity index (χ0v) is 17.2. The predicted molar refractivity (Wildman–Crippen MR) is 112 cm³/mol. The van der Waals surface area contributed by atoms with Gasteiger partial charge in [0.25, 0.3) is 0 Å². The highest BCUT2D eigenvalue weighted by molar-refractivity contribution is 6.31. The van der Waals surface area contributed by atoms with Crippen LogP contribution in [0.1, 0.15) is 30.9 Å². The van der Waals surface area contributed by atoms with Crippen LogP contribution in [0, 0.1) is 0 Å². The first kappa shape index (κ1) is 19.9. The Hall–Kier alpha value is -2.44. The molecule has 6 nitrogen and oxygen atoms in total. The smallest absolute Gasteiger partial charge is 0.238 e. The molecule has 0 spiro atoms. The molecular formula is C22H25ClN2O4. The lowest BCUT2D eigenvalue weighted by molar-refractivity contribution is -0.117. The summed E-state index contributed by atoms with van der Waals surface area (Å²) in [5.41, 5.74) is 1.73. The number of halogens is 1.